The summed E-state index contributed by atoms with van der Waals surface area (Å²) in [6, 6.07) is 2.04. The van der Waals surface area contributed by atoms with E-state index in [0.717, 1.165) is 43.1 Å². The zero-order valence-electron chi connectivity index (χ0n) is 11.8. The molecule has 0 aromatic carbocycles. The number of aryl methyl sites for hydroxylation is 3. The van der Waals surface area contributed by atoms with Gasteiger partial charge in [0.05, 0.1) is 23.6 Å². The molecule has 1 N–H and O–H groups in total. The van der Waals surface area contributed by atoms with Crippen LogP contribution < -0.4 is 5.32 Å². The minimum Gasteiger partial charge on any atom is -0.377 e. The third-order valence-corrected chi connectivity index (χ3v) is 2.88. The fourth-order valence-corrected chi connectivity index (χ4v) is 1.89. The number of anilines is 1. The van der Waals surface area contributed by atoms with Gasteiger partial charge in [-0.15, -0.1) is 12.4 Å². The van der Waals surface area contributed by atoms with E-state index < -0.39 is 0 Å². The predicted octanol–water partition coefficient (Wildman–Crippen LogP) is 2.85. The zero-order chi connectivity index (χ0) is 13.0. The summed E-state index contributed by atoms with van der Waals surface area (Å²) in [5, 5.41) is 12.3. The van der Waals surface area contributed by atoms with Gasteiger partial charge in [0.1, 0.15) is 0 Å². The largest absolute Gasteiger partial charge is 0.377 e. The van der Waals surface area contributed by atoms with Crippen LogP contribution in [0, 0.1) is 6.92 Å². The molecule has 6 heteroatoms. The highest BCUT2D eigenvalue weighted by atomic mass is 35.5. The predicted molar refractivity (Wildman–Crippen MR) is 79.7 cm³/mol. The van der Waals surface area contributed by atoms with E-state index in [1.807, 2.05) is 28.6 Å². The van der Waals surface area contributed by atoms with Crippen molar-refractivity contribution in [2.75, 3.05) is 5.32 Å². The fourth-order valence-electron chi connectivity index (χ4n) is 1.89. The van der Waals surface area contributed by atoms with E-state index in [1.54, 1.807) is 0 Å². The van der Waals surface area contributed by atoms with Gasteiger partial charge in [-0.1, -0.05) is 6.92 Å². The van der Waals surface area contributed by atoms with Gasteiger partial charge in [0.15, 0.2) is 0 Å². The first-order chi connectivity index (χ1) is 8.72. The van der Waals surface area contributed by atoms with E-state index in [0.29, 0.717) is 0 Å². The maximum absolute atomic E-state index is 4.46. The smallest absolute Gasteiger partial charge is 0.0825 e. The Morgan fingerprint density at radius 1 is 1.21 bits per heavy atom. The van der Waals surface area contributed by atoms with E-state index in [9.17, 15) is 0 Å². The normalized spacial score (nSPS) is 10.3. The Balaban J connectivity index is 0.00000180. The van der Waals surface area contributed by atoms with Crippen LogP contribution in [0.25, 0.3) is 0 Å². The van der Waals surface area contributed by atoms with E-state index in [4.69, 9.17) is 0 Å². The molecule has 2 aromatic rings. The lowest BCUT2D eigenvalue weighted by atomic mass is 10.3. The van der Waals surface area contributed by atoms with Crippen LogP contribution in [0.3, 0.4) is 0 Å². The first-order valence-corrected chi connectivity index (χ1v) is 6.53. The summed E-state index contributed by atoms with van der Waals surface area (Å²) in [7, 11) is 0. The Labute approximate surface area is 120 Å². The number of nitrogens with one attached hydrogen (secondary N) is 1. The molecule has 0 fully saturated rings. The van der Waals surface area contributed by atoms with Crippen molar-refractivity contribution < 1.29 is 0 Å². The number of hydrogen-bond acceptors (Lipinski definition) is 3. The molecule has 2 rings (SSSR count). The van der Waals surface area contributed by atoms with Gasteiger partial charge in [-0.25, -0.2) is 0 Å². The van der Waals surface area contributed by atoms with Crippen molar-refractivity contribution in [3.8, 4) is 0 Å². The van der Waals surface area contributed by atoms with Gasteiger partial charge in [0, 0.05) is 25.5 Å². The summed E-state index contributed by atoms with van der Waals surface area (Å²) in [5.74, 6) is 0. The quantitative estimate of drug-likeness (QED) is 0.887. The van der Waals surface area contributed by atoms with Crippen LogP contribution in [-0.4, -0.2) is 19.6 Å². The number of aromatic nitrogens is 4. The first kappa shape index (κ1) is 15.6. The molecule has 0 amide bonds. The number of hydrogen-bond donors (Lipinski definition) is 1. The Hall–Kier alpha value is -1.49. The van der Waals surface area contributed by atoms with Crippen molar-refractivity contribution in [3.05, 3.63) is 29.8 Å². The van der Waals surface area contributed by atoms with Crippen LogP contribution >= 0.6 is 12.4 Å². The van der Waals surface area contributed by atoms with Gasteiger partial charge < -0.3 is 5.32 Å². The van der Waals surface area contributed by atoms with Gasteiger partial charge in [0.25, 0.3) is 0 Å². The summed E-state index contributed by atoms with van der Waals surface area (Å²) in [4.78, 5) is 0. The second-order valence-corrected chi connectivity index (χ2v) is 4.41. The average Bonchev–Trinajstić information content (AvgIpc) is 2.94. The molecule has 2 heterocycles. The lowest BCUT2D eigenvalue weighted by molar-refractivity contribution is 0.598. The van der Waals surface area contributed by atoms with Gasteiger partial charge in [-0.3, -0.25) is 9.36 Å². The minimum atomic E-state index is 0. The molecule has 0 saturated heterocycles. The highest BCUT2D eigenvalue weighted by molar-refractivity contribution is 5.85. The third-order valence-electron chi connectivity index (χ3n) is 2.88. The van der Waals surface area contributed by atoms with E-state index in [2.05, 4.69) is 35.6 Å². The zero-order valence-corrected chi connectivity index (χ0v) is 12.6. The summed E-state index contributed by atoms with van der Waals surface area (Å²) in [6.45, 7) is 8.88. The lowest BCUT2D eigenvalue weighted by Crippen LogP contribution is -2.02. The topological polar surface area (TPSA) is 47.7 Å². The van der Waals surface area contributed by atoms with Crippen molar-refractivity contribution in [3.63, 3.8) is 0 Å². The molecule has 0 radical (unpaired) electrons. The maximum atomic E-state index is 4.46. The van der Waals surface area contributed by atoms with Crippen LogP contribution in [-0.2, 0) is 19.6 Å². The van der Waals surface area contributed by atoms with Crippen LogP contribution in [0.15, 0.2) is 18.5 Å². The van der Waals surface area contributed by atoms with E-state index in [-0.39, 0.29) is 12.4 Å². The van der Waals surface area contributed by atoms with Crippen molar-refractivity contribution in [1.29, 1.82) is 0 Å². The molecule has 19 heavy (non-hydrogen) atoms. The van der Waals surface area contributed by atoms with Crippen molar-refractivity contribution in [1.82, 2.24) is 19.6 Å². The molecule has 0 spiro atoms. The molecule has 2 aromatic heterocycles. The van der Waals surface area contributed by atoms with Crippen LogP contribution in [0.4, 0.5) is 5.69 Å². The minimum absolute atomic E-state index is 0. The van der Waals surface area contributed by atoms with Gasteiger partial charge in [-0.2, -0.15) is 10.2 Å². The number of halogens is 1. The molecule has 0 aliphatic carbocycles. The van der Waals surface area contributed by atoms with E-state index in [1.165, 1.54) is 0 Å². The standard InChI is InChI=1S/C13H21N5.ClH/c1-4-7-18-10-13(11(3)15-18)14-9-12-6-8-17(5-2)16-12;/h6,8,10,14H,4-5,7,9H2,1-3H3;1H. The van der Waals surface area contributed by atoms with Gasteiger partial charge in [-0.05, 0) is 26.3 Å². The molecular weight excluding hydrogens is 262 g/mol. The molecule has 5 nitrogen and oxygen atoms in total. The molecule has 106 valence electrons. The second kappa shape index (κ2) is 7.19. The van der Waals surface area contributed by atoms with Gasteiger partial charge >= 0.3 is 0 Å². The lowest BCUT2D eigenvalue weighted by Gasteiger charge is -2.01. The molecule has 0 bridgehead atoms. The highest BCUT2D eigenvalue weighted by Crippen LogP contribution is 2.13. The first-order valence-electron chi connectivity index (χ1n) is 6.53. The Kier molecular flexibility index (Phi) is 5.89. The fraction of sp³-hybridized carbons (Fsp3) is 0.538. The van der Waals surface area contributed by atoms with Gasteiger partial charge in [0.2, 0.25) is 0 Å². The SMILES string of the molecule is CCCn1cc(NCc2ccn(CC)n2)c(C)n1.Cl. The Morgan fingerprint density at radius 2 is 2.00 bits per heavy atom. The van der Waals surface area contributed by atoms with E-state index >= 15 is 0 Å². The van der Waals surface area contributed by atoms with Crippen molar-refractivity contribution in [2.24, 2.45) is 0 Å². The van der Waals surface area contributed by atoms with Crippen LogP contribution in [0.2, 0.25) is 0 Å². The molecule has 0 aliphatic rings. The third kappa shape index (κ3) is 3.99. The molecule has 0 saturated carbocycles. The van der Waals surface area contributed by atoms with Crippen molar-refractivity contribution in [2.45, 2.75) is 46.8 Å². The molecular formula is C13H22ClN5. The summed E-state index contributed by atoms with van der Waals surface area (Å²) in [6.07, 6.45) is 5.17. The summed E-state index contributed by atoms with van der Waals surface area (Å²) >= 11 is 0. The summed E-state index contributed by atoms with van der Waals surface area (Å²) in [5.41, 5.74) is 3.19. The Bertz CT molecular complexity index is 503. The van der Waals surface area contributed by atoms with Crippen LogP contribution in [0.1, 0.15) is 31.7 Å². The second-order valence-electron chi connectivity index (χ2n) is 4.41. The molecule has 0 aliphatic heterocycles. The highest BCUT2D eigenvalue weighted by Gasteiger charge is 2.05. The van der Waals surface area contributed by atoms with Crippen LogP contribution in [0.5, 0.6) is 0 Å². The Morgan fingerprint density at radius 3 is 2.63 bits per heavy atom. The molecule has 0 unspecified atom stereocenters. The van der Waals surface area contributed by atoms with Crippen molar-refractivity contribution >= 4 is 18.1 Å². The monoisotopic (exact) mass is 283 g/mol. The molecule has 0 atom stereocenters. The maximum Gasteiger partial charge on any atom is 0.0825 e. The average molecular weight is 284 g/mol. The number of rotatable bonds is 6. The number of nitrogens with zero attached hydrogens (tertiary/aromatic N) is 4. The summed E-state index contributed by atoms with van der Waals surface area (Å²) < 4.78 is 3.92.